The highest BCUT2D eigenvalue weighted by molar-refractivity contribution is 7.19. The topological polar surface area (TPSA) is 75.9 Å². The largest absolute Gasteiger partial charge is 0.508 e. The van der Waals surface area contributed by atoms with E-state index in [9.17, 15) is 9.90 Å². The predicted molar refractivity (Wildman–Crippen MR) is 127 cm³/mol. The molecule has 2 N–H and O–H groups in total. The summed E-state index contributed by atoms with van der Waals surface area (Å²) in [5, 5.41) is 13.8. The van der Waals surface area contributed by atoms with Gasteiger partial charge in [-0.25, -0.2) is 9.78 Å². The van der Waals surface area contributed by atoms with E-state index < -0.39 is 0 Å². The summed E-state index contributed by atoms with van der Waals surface area (Å²) in [5.74, 6) is 0.583. The SMILES string of the molecule is CCOC(=O)c1sc2nc(-c3ccc(O)cc3)c(NCc3ccccc3Cl)n2c1C.Cl. The summed E-state index contributed by atoms with van der Waals surface area (Å²) in [6, 6.07) is 14.5. The number of imidazole rings is 1. The number of nitrogens with one attached hydrogen (secondary N) is 1. The molecule has 0 saturated carbocycles. The van der Waals surface area contributed by atoms with Crippen LogP contribution in [0.3, 0.4) is 0 Å². The minimum Gasteiger partial charge on any atom is -0.508 e. The number of phenols is 1. The number of ether oxygens (including phenoxy) is 1. The van der Waals surface area contributed by atoms with E-state index in [4.69, 9.17) is 21.3 Å². The van der Waals surface area contributed by atoms with Crippen molar-refractivity contribution in [3.63, 3.8) is 0 Å². The molecule has 0 saturated heterocycles. The van der Waals surface area contributed by atoms with Gasteiger partial charge in [0.25, 0.3) is 0 Å². The molecule has 0 bridgehead atoms. The molecule has 0 aliphatic rings. The van der Waals surface area contributed by atoms with Crippen molar-refractivity contribution in [1.29, 1.82) is 0 Å². The average Bonchev–Trinajstić information content (AvgIpc) is 3.25. The Kier molecular flexibility index (Phi) is 7.10. The highest BCUT2D eigenvalue weighted by Crippen LogP contribution is 2.36. The Morgan fingerprint density at radius 2 is 1.94 bits per heavy atom. The number of rotatable bonds is 6. The van der Waals surface area contributed by atoms with Crippen LogP contribution >= 0.6 is 35.3 Å². The van der Waals surface area contributed by atoms with E-state index in [1.54, 1.807) is 19.1 Å². The number of esters is 1. The average molecular weight is 478 g/mol. The van der Waals surface area contributed by atoms with Gasteiger partial charge >= 0.3 is 5.97 Å². The number of carbonyl (C=O) groups is 1. The molecule has 162 valence electrons. The zero-order valence-corrected chi connectivity index (χ0v) is 19.3. The molecule has 4 rings (SSSR count). The fraction of sp³-hybridized carbons (Fsp3) is 0.182. The molecule has 0 spiro atoms. The van der Waals surface area contributed by atoms with Gasteiger partial charge in [0, 0.05) is 22.8 Å². The predicted octanol–water partition coefficient (Wildman–Crippen LogP) is 5.94. The third kappa shape index (κ3) is 4.49. The fourth-order valence-corrected chi connectivity index (χ4v) is 4.46. The second-order valence-corrected chi connectivity index (χ2v) is 8.04. The third-order valence-corrected chi connectivity index (χ3v) is 6.20. The molecule has 0 aliphatic carbocycles. The molecule has 0 aliphatic heterocycles. The van der Waals surface area contributed by atoms with Crippen LogP contribution in [-0.2, 0) is 11.3 Å². The lowest BCUT2D eigenvalue weighted by atomic mass is 10.1. The Morgan fingerprint density at radius 1 is 1.23 bits per heavy atom. The van der Waals surface area contributed by atoms with Crippen LogP contribution in [0.15, 0.2) is 48.5 Å². The molecule has 0 fully saturated rings. The lowest BCUT2D eigenvalue weighted by molar-refractivity contribution is 0.0531. The molecule has 2 aromatic carbocycles. The first-order chi connectivity index (χ1) is 14.5. The number of halogens is 2. The van der Waals surface area contributed by atoms with Crippen LogP contribution in [0, 0.1) is 6.92 Å². The van der Waals surface area contributed by atoms with Crippen molar-refractivity contribution < 1.29 is 14.6 Å². The van der Waals surface area contributed by atoms with Crippen molar-refractivity contribution in [3.8, 4) is 17.0 Å². The standard InChI is InChI=1S/C22H20ClN3O3S.ClH/c1-3-29-21(28)19-13(2)26-20(24-12-15-6-4-5-7-17(15)23)18(25-22(26)30-19)14-8-10-16(27)11-9-14;/h4-11,24,27H,3,12H2,1-2H3;1H. The number of thiazole rings is 1. The number of anilines is 1. The maximum atomic E-state index is 12.3. The monoisotopic (exact) mass is 477 g/mol. The summed E-state index contributed by atoms with van der Waals surface area (Å²) in [5.41, 5.74) is 3.28. The van der Waals surface area contributed by atoms with Gasteiger partial charge in [-0.2, -0.15) is 0 Å². The number of benzene rings is 2. The van der Waals surface area contributed by atoms with Gasteiger partial charge in [0.2, 0.25) is 0 Å². The van der Waals surface area contributed by atoms with E-state index in [-0.39, 0.29) is 24.1 Å². The van der Waals surface area contributed by atoms with E-state index in [1.807, 2.05) is 47.7 Å². The normalized spacial score (nSPS) is 10.7. The van der Waals surface area contributed by atoms with Gasteiger partial charge in [-0.05, 0) is 49.7 Å². The Labute approximate surface area is 194 Å². The molecule has 0 amide bonds. The summed E-state index contributed by atoms with van der Waals surface area (Å²) in [6.45, 7) is 4.46. The van der Waals surface area contributed by atoms with Crippen molar-refractivity contribution in [2.24, 2.45) is 0 Å². The lowest BCUT2D eigenvalue weighted by Crippen LogP contribution is -2.07. The van der Waals surface area contributed by atoms with Crippen molar-refractivity contribution in [1.82, 2.24) is 9.38 Å². The van der Waals surface area contributed by atoms with E-state index in [0.717, 1.165) is 28.3 Å². The molecule has 0 unspecified atom stereocenters. The molecular formula is C22H21Cl2N3O3S. The third-order valence-electron chi connectivity index (χ3n) is 4.71. The minimum absolute atomic E-state index is 0. The van der Waals surface area contributed by atoms with E-state index in [2.05, 4.69) is 5.32 Å². The van der Waals surface area contributed by atoms with Crippen molar-refractivity contribution in [3.05, 3.63) is 69.7 Å². The zero-order chi connectivity index (χ0) is 21.3. The highest BCUT2D eigenvalue weighted by Gasteiger charge is 2.23. The first-order valence-electron chi connectivity index (χ1n) is 9.45. The number of phenolic OH excluding ortho intramolecular Hbond substituents is 1. The number of aryl methyl sites for hydroxylation is 1. The second-order valence-electron chi connectivity index (χ2n) is 6.66. The zero-order valence-electron chi connectivity index (χ0n) is 16.9. The van der Waals surface area contributed by atoms with Gasteiger partial charge < -0.3 is 15.2 Å². The van der Waals surface area contributed by atoms with Crippen LogP contribution in [0.4, 0.5) is 5.82 Å². The summed E-state index contributed by atoms with van der Waals surface area (Å²) in [7, 11) is 0. The molecule has 2 aromatic heterocycles. The van der Waals surface area contributed by atoms with Crippen LogP contribution in [0.1, 0.15) is 27.9 Å². The Morgan fingerprint density at radius 3 is 2.61 bits per heavy atom. The van der Waals surface area contributed by atoms with Crippen LogP contribution < -0.4 is 5.32 Å². The first-order valence-corrected chi connectivity index (χ1v) is 10.6. The Balaban J connectivity index is 0.00000272. The number of fused-ring (bicyclic) bond motifs is 1. The molecule has 6 nitrogen and oxygen atoms in total. The number of hydrogen-bond acceptors (Lipinski definition) is 6. The first kappa shape index (κ1) is 22.9. The number of hydrogen-bond donors (Lipinski definition) is 2. The molecular weight excluding hydrogens is 457 g/mol. The van der Waals surface area contributed by atoms with Crippen LogP contribution in [0.2, 0.25) is 5.02 Å². The minimum atomic E-state index is -0.353. The van der Waals surface area contributed by atoms with Gasteiger partial charge in [0.05, 0.1) is 6.61 Å². The summed E-state index contributed by atoms with van der Waals surface area (Å²) < 4.78 is 7.11. The fourth-order valence-electron chi connectivity index (χ4n) is 3.24. The van der Waals surface area contributed by atoms with E-state index >= 15 is 0 Å². The number of carbonyl (C=O) groups excluding carboxylic acids is 1. The molecule has 4 aromatic rings. The molecule has 2 heterocycles. The Hall–Kier alpha value is -2.74. The van der Waals surface area contributed by atoms with E-state index in [1.165, 1.54) is 11.3 Å². The highest BCUT2D eigenvalue weighted by atomic mass is 35.5. The van der Waals surface area contributed by atoms with Crippen molar-refractivity contribution in [2.75, 3.05) is 11.9 Å². The Bertz CT molecular complexity index is 1220. The maximum absolute atomic E-state index is 12.3. The molecule has 0 atom stereocenters. The van der Waals surface area contributed by atoms with Crippen LogP contribution in [0.5, 0.6) is 5.75 Å². The quantitative estimate of drug-likeness (QED) is 0.336. The van der Waals surface area contributed by atoms with Crippen molar-refractivity contribution in [2.45, 2.75) is 20.4 Å². The summed E-state index contributed by atoms with van der Waals surface area (Å²) in [6.07, 6.45) is 0. The van der Waals surface area contributed by atoms with Crippen LogP contribution in [0.25, 0.3) is 16.2 Å². The van der Waals surface area contributed by atoms with Crippen molar-refractivity contribution >= 4 is 52.1 Å². The smallest absolute Gasteiger partial charge is 0.350 e. The van der Waals surface area contributed by atoms with Gasteiger partial charge in [-0.3, -0.25) is 4.40 Å². The molecule has 9 heteroatoms. The van der Waals surface area contributed by atoms with Gasteiger partial charge in [-0.1, -0.05) is 41.1 Å². The number of nitrogens with zero attached hydrogens (tertiary/aromatic N) is 2. The molecule has 0 radical (unpaired) electrons. The number of aromatic nitrogens is 2. The maximum Gasteiger partial charge on any atom is 0.350 e. The molecule has 31 heavy (non-hydrogen) atoms. The van der Waals surface area contributed by atoms with E-state index in [0.29, 0.717) is 28.0 Å². The lowest BCUT2D eigenvalue weighted by Gasteiger charge is -2.11. The number of aromatic hydroxyl groups is 1. The van der Waals surface area contributed by atoms with Gasteiger partial charge in [0.1, 0.15) is 22.1 Å². The van der Waals surface area contributed by atoms with Gasteiger partial charge in [-0.15, -0.1) is 12.4 Å². The summed E-state index contributed by atoms with van der Waals surface area (Å²) in [4.78, 5) is 18.3. The summed E-state index contributed by atoms with van der Waals surface area (Å²) >= 11 is 7.61. The second kappa shape index (κ2) is 9.60. The van der Waals surface area contributed by atoms with Gasteiger partial charge in [0.15, 0.2) is 4.96 Å². The van der Waals surface area contributed by atoms with Crippen LogP contribution in [-0.4, -0.2) is 27.1 Å².